The molecular formula is C27H26N6O2S. The summed E-state index contributed by atoms with van der Waals surface area (Å²) < 4.78 is 7.89. The third-order valence-electron chi connectivity index (χ3n) is 6.02. The van der Waals surface area contributed by atoms with E-state index in [1.54, 1.807) is 0 Å². The molecule has 5 rings (SSSR count). The minimum atomic E-state index is -0.396. The highest BCUT2D eigenvalue weighted by Gasteiger charge is 2.33. The maximum atomic E-state index is 12.7. The molecule has 182 valence electrons. The Kier molecular flexibility index (Phi) is 6.39. The number of nitrogens with zero attached hydrogens (tertiary/aromatic N) is 4. The van der Waals surface area contributed by atoms with Gasteiger partial charge in [-0.2, -0.15) is 5.26 Å². The van der Waals surface area contributed by atoms with Gasteiger partial charge in [0, 0.05) is 23.4 Å². The van der Waals surface area contributed by atoms with E-state index in [2.05, 4.69) is 26.9 Å². The highest BCUT2D eigenvalue weighted by Crippen LogP contribution is 2.38. The van der Waals surface area contributed by atoms with Gasteiger partial charge in [0.2, 0.25) is 5.91 Å². The molecule has 4 aromatic rings. The molecule has 2 aromatic carbocycles. The molecule has 0 aliphatic carbocycles. The van der Waals surface area contributed by atoms with Crippen molar-refractivity contribution in [1.29, 1.82) is 5.26 Å². The standard InChI is InChI=1S/C27H26N6O2S/c1-17-8-7-11-19(12-17)29-23(34)16-36-26-32-31-25-22-15-35-27(2,3)13-20(22)21(14-28)24(33(25)26)30-18-9-5-4-6-10-18/h4-12,30H,13,15-16H2,1-3H3,(H,29,34). The Hall–Kier alpha value is -3.87. The topological polar surface area (TPSA) is 104 Å². The van der Waals surface area contributed by atoms with Gasteiger partial charge in [-0.3, -0.25) is 9.20 Å². The van der Waals surface area contributed by atoms with Gasteiger partial charge >= 0.3 is 0 Å². The van der Waals surface area contributed by atoms with Crippen LogP contribution in [-0.4, -0.2) is 31.9 Å². The second-order valence-corrected chi connectivity index (χ2v) is 10.3. The molecule has 2 aromatic heterocycles. The summed E-state index contributed by atoms with van der Waals surface area (Å²) >= 11 is 1.27. The van der Waals surface area contributed by atoms with Crippen LogP contribution in [0.4, 0.5) is 17.2 Å². The van der Waals surface area contributed by atoms with Crippen molar-refractivity contribution in [3.8, 4) is 6.07 Å². The van der Waals surface area contributed by atoms with E-state index in [9.17, 15) is 10.1 Å². The highest BCUT2D eigenvalue weighted by molar-refractivity contribution is 7.99. The molecule has 36 heavy (non-hydrogen) atoms. The number of thioether (sulfide) groups is 1. The summed E-state index contributed by atoms with van der Waals surface area (Å²) in [5, 5.41) is 26.0. The van der Waals surface area contributed by atoms with Gasteiger partial charge in [-0.1, -0.05) is 42.1 Å². The Bertz CT molecular complexity index is 1490. The van der Waals surface area contributed by atoms with E-state index in [1.807, 2.05) is 79.8 Å². The summed E-state index contributed by atoms with van der Waals surface area (Å²) in [4.78, 5) is 12.7. The SMILES string of the molecule is Cc1cccc(NC(=O)CSc2nnc3c4c(c(C#N)c(Nc5ccccc5)n23)CC(C)(C)OC4)c1. The van der Waals surface area contributed by atoms with E-state index in [1.165, 1.54) is 11.8 Å². The summed E-state index contributed by atoms with van der Waals surface area (Å²) in [5.41, 5.74) is 5.19. The van der Waals surface area contributed by atoms with Gasteiger partial charge in [-0.15, -0.1) is 10.2 Å². The fourth-order valence-corrected chi connectivity index (χ4v) is 5.08. The van der Waals surface area contributed by atoms with E-state index in [0.29, 0.717) is 35.2 Å². The lowest BCUT2D eigenvalue weighted by Gasteiger charge is -2.33. The molecule has 1 aliphatic rings. The smallest absolute Gasteiger partial charge is 0.234 e. The normalized spacial score (nSPS) is 14.2. The number of hydrogen-bond acceptors (Lipinski definition) is 7. The van der Waals surface area contributed by atoms with Crippen LogP contribution in [0.3, 0.4) is 0 Å². The van der Waals surface area contributed by atoms with Gasteiger partial charge in [0.15, 0.2) is 10.8 Å². The average Bonchev–Trinajstić information content (AvgIpc) is 3.27. The number of pyridine rings is 1. The van der Waals surface area contributed by atoms with Crippen LogP contribution in [0, 0.1) is 18.3 Å². The van der Waals surface area contributed by atoms with Crippen molar-refractivity contribution in [2.24, 2.45) is 0 Å². The maximum Gasteiger partial charge on any atom is 0.234 e. The number of fused-ring (bicyclic) bond motifs is 3. The van der Waals surface area contributed by atoms with Crippen LogP contribution >= 0.6 is 11.8 Å². The molecular weight excluding hydrogens is 472 g/mol. The van der Waals surface area contributed by atoms with Crippen molar-refractivity contribution in [3.05, 3.63) is 76.9 Å². The number of amides is 1. The molecule has 1 amide bonds. The molecule has 0 atom stereocenters. The van der Waals surface area contributed by atoms with Crippen LogP contribution in [-0.2, 0) is 22.6 Å². The molecule has 1 aliphatic heterocycles. The van der Waals surface area contributed by atoms with Crippen LogP contribution < -0.4 is 10.6 Å². The van der Waals surface area contributed by atoms with Crippen LogP contribution in [0.1, 0.15) is 36.1 Å². The van der Waals surface area contributed by atoms with Crippen LogP contribution in [0.2, 0.25) is 0 Å². The molecule has 9 heteroatoms. The third-order valence-corrected chi connectivity index (χ3v) is 6.95. The quantitative estimate of drug-likeness (QED) is 0.351. The van der Waals surface area contributed by atoms with Gasteiger partial charge in [0.1, 0.15) is 11.9 Å². The first-order valence-corrected chi connectivity index (χ1v) is 12.6. The lowest BCUT2D eigenvalue weighted by molar-refractivity contribution is -0.113. The fourth-order valence-electron chi connectivity index (χ4n) is 4.34. The molecule has 0 saturated heterocycles. The third kappa shape index (κ3) is 4.78. The molecule has 0 spiro atoms. The first kappa shape index (κ1) is 23.9. The molecule has 3 heterocycles. The number of carbonyl (C=O) groups excluding carboxylic acids is 1. The second kappa shape index (κ2) is 9.64. The summed E-state index contributed by atoms with van der Waals surface area (Å²) in [5.74, 6) is 0.576. The Morgan fingerprint density at radius 1 is 1.14 bits per heavy atom. The van der Waals surface area contributed by atoms with Crippen molar-refractivity contribution in [1.82, 2.24) is 14.6 Å². The number of aromatic nitrogens is 3. The van der Waals surface area contributed by atoms with Gasteiger partial charge < -0.3 is 15.4 Å². The number of hydrogen-bond donors (Lipinski definition) is 2. The largest absolute Gasteiger partial charge is 0.370 e. The zero-order valence-electron chi connectivity index (χ0n) is 20.3. The van der Waals surface area contributed by atoms with Gasteiger partial charge in [-0.05, 0) is 56.2 Å². The van der Waals surface area contributed by atoms with Crippen molar-refractivity contribution in [3.63, 3.8) is 0 Å². The summed E-state index contributed by atoms with van der Waals surface area (Å²) in [6.07, 6.45) is 0.583. The van der Waals surface area contributed by atoms with Gasteiger partial charge in [-0.25, -0.2) is 0 Å². The maximum absolute atomic E-state index is 12.7. The highest BCUT2D eigenvalue weighted by atomic mass is 32.2. The second-order valence-electron chi connectivity index (χ2n) is 9.36. The zero-order chi connectivity index (χ0) is 25.3. The first-order chi connectivity index (χ1) is 17.3. The summed E-state index contributed by atoms with van der Waals surface area (Å²) in [7, 11) is 0. The molecule has 0 unspecified atom stereocenters. The summed E-state index contributed by atoms with van der Waals surface area (Å²) in [6.45, 7) is 6.35. The van der Waals surface area contributed by atoms with Gasteiger partial charge in [0.25, 0.3) is 0 Å². The molecule has 2 N–H and O–H groups in total. The number of anilines is 3. The van der Waals surface area contributed by atoms with Crippen LogP contribution in [0.5, 0.6) is 0 Å². The van der Waals surface area contributed by atoms with E-state index in [-0.39, 0.29) is 11.7 Å². The average molecular weight is 499 g/mol. The van der Waals surface area contributed by atoms with Crippen molar-refractivity contribution in [2.75, 3.05) is 16.4 Å². The Labute approximate surface area is 213 Å². The van der Waals surface area contributed by atoms with Crippen LogP contribution in [0.15, 0.2) is 59.8 Å². The Morgan fingerprint density at radius 3 is 2.67 bits per heavy atom. The van der Waals surface area contributed by atoms with E-state index < -0.39 is 5.60 Å². The number of ether oxygens (including phenoxy) is 1. The number of rotatable bonds is 6. The fraction of sp³-hybridized carbons (Fsp3) is 0.259. The minimum Gasteiger partial charge on any atom is -0.370 e. The number of carbonyl (C=O) groups is 1. The molecule has 0 saturated carbocycles. The minimum absolute atomic E-state index is 0.141. The van der Waals surface area contributed by atoms with Crippen LogP contribution in [0.25, 0.3) is 5.65 Å². The monoisotopic (exact) mass is 498 g/mol. The molecule has 0 radical (unpaired) electrons. The number of para-hydroxylation sites is 1. The van der Waals surface area contributed by atoms with E-state index >= 15 is 0 Å². The Balaban J connectivity index is 1.54. The van der Waals surface area contributed by atoms with Crippen molar-refractivity contribution >= 4 is 40.5 Å². The van der Waals surface area contributed by atoms with Crippen molar-refractivity contribution in [2.45, 2.75) is 44.6 Å². The molecule has 0 fully saturated rings. The predicted molar refractivity (Wildman–Crippen MR) is 141 cm³/mol. The number of nitrogens with one attached hydrogen (secondary N) is 2. The lowest BCUT2D eigenvalue weighted by Crippen LogP contribution is -2.33. The predicted octanol–water partition coefficient (Wildman–Crippen LogP) is 5.24. The Morgan fingerprint density at radius 2 is 1.92 bits per heavy atom. The number of aryl methyl sites for hydroxylation is 1. The van der Waals surface area contributed by atoms with Gasteiger partial charge in [0.05, 0.1) is 23.5 Å². The van der Waals surface area contributed by atoms with E-state index in [0.717, 1.165) is 28.1 Å². The lowest BCUT2D eigenvalue weighted by atomic mass is 9.89. The first-order valence-electron chi connectivity index (χ1n) is 11.6. The molecule has 8 nitrogen and oxygen atoms in total. The van der Waals surface area contributed by atoms with Crippen molar-refractivity contribution < 1.29 is 9.53 Å². The number of nitriles is 1. The molecule has 0 bridgehead atoms. The zero-order valence-corrected chi connectivity index (χ0v) is 21.1. The summed E-state index contributed by atoms with van der Waals surface area (Å²) in [6, 6.07) is 19.7. The number of benzene rings is 2. The van der Waals surface area contributed by atoms with E-state index in [4.69, 9.17) is 4.74 Å².